The van der Waals surface area contributed by atoms with Gasteiger partial charge in [0.15, 0.2) is 0 Å². The average molecular weight is 240 g/mol. The molecule has 0 spiro atoms. The van der Waals surface area contributed by atoms with Gasteiger partial charge in [0.2, 0.25) is 0 Å². The molecule has 0 radical (unpaired) electrons. The quantitative estimate of drug-likeness (QED) is 0.824. The molecule has 0 bridgehead atoms. The number of rotatable bonds is 4. The predicted octanol–water partition coefficient (Wildman–Crippen LogP) is 3.17. The van der Waals surface area contributed by atoms with E-state index in [2.05, 4.69) is 24.1 Å². The van der Waals surface area contributed by atoms with Crippen molar-refractivity contribution in [2.75, 3.05) is 13.6 Å². The molecule has 0 atom stereocenters. The van der Waals surface area contributed by atoms with Gasteiger partial charge in [0.05, 0.1) is 17.7 Å². The standard InChI is InChI=1S/C15H16N2O/c1-17(11-15(10-16)6-7-15)8-12-9-18-14-5-3-2-4-13(12)14/h2-5,9H,6-8,11H2,1H3. The van der Waals surface area contributed by atoms with Gasteiger partial charge < -0.3 is 9.32 Å². The molecule has 1 fully saturated rings. The van der Waals surface area contributed by atoms with Crippen molar-refractivity contribution < 1.29 is 4.42 Å². The first-order valence-corrected chi connectivity index (χ1v) is 6.27. The molecular formula is C15H16N2O. The van der Waals surface area contributed by atoms with Gasteiger partial charge in [-0.15, -0.1) is 0 Å². The Bertz CT molecular complexity index is 604. The van der Waals surface area contributed by atoms with E-state index in [1.807, 2.05) is 24.5 Å². The molecule has 3 heteroatoms. The summed E-state index contributed by atoms with van der Waals surface area (Å²) in [4.78, 5) is 2.22. The van der Waals surface area contributed by atoms with Crippen molar-refractivity contribution in [1.82, 2.24) is 4.90 Å². The highest BCUT2D eigenvalue weighted by Crippen LogP contribution is 2.45. The Kier molecular flexibility index (Phi) is 2.61. The molecule has 3 nitrogen and oxygen atoms in total. The highest BCUT2D eigenvalue weighted by Gasteiger charge is 2.43. The van der Waals surface area contributed by atoms with Crippen molar-refractivity contribution in [2.24, 2.45) is 5.41 Å². The van der Waals surface area contributed by atoms with Crippen molar-refractivity contribution >= 4 is 11.0 Å². The summed E-state index contributed by atoms with van der Waals surface area (Å²) >= 11 is 0. The van der Waals surface area contributed by atoms with Gasteiger partial charge in [0.25, 0.3) is 0 Å². The van der Waals surface area contributed by atoms with E-state index >= 15 is 0 Å². The summed E-state index contributed by atoms with van der Waals surface area (Å²) in [5.74, 6) is 0. The summed E-state index contributed by atoms with van der Waals surface area (Å²) in [6, 6.07) is 10.5. The second-order valence-electron chi connectivity index (χ2n) is 5.32. The van der Waals surface area contributed by atoms with Gasteiger partial charge in [-0.3, -0.25) is 0 Å². The molecule has 92 valence electrons. The van der Waals surface area contributed by atoms with Crippen LogP contribution in [0.5, 0.6) is 0 Å². The van der Waals surface area contributed by atoms with E-state index in [0.29, 0.717) is 0 Å². The van der Waals surface area contributed by atoms with Crippen molar-refractivity contribution in [3.05, 3.63) is 36.1 Å². The van der Waals surface area contributed by atoms with Crippen LogP contribution < -0.4 is 0 Å². The first kappa shape index (κ1) is 11.3. The summed E-state index contributed by atoms with van der Waals surface area (Å²) < 4.78 is 5.53. The molecular weight excluding hydrogens is 224 g/mol. The Balaban J connectivity index is 1.74. The highest BCUT2D eigenvalue weighted by molar-refractivity contribution is 5.80. The van der Waals surface area contributed by atoms with Gasteiger partial charge in [0, 0.05) is 24.0 Å². The van der Waals surface area contributed by atoms with E-state index in [9.17, 15) is 0 Å². The molecule has 1 aliphatic rings. The van der Waals surface area contributed by atoms with Crippen molar-refractivity contribution in [3.8, 4) is 6.07 Å². The molecule has 1 saturated carbocycles. The van der Waals surface area contributed by atoms with Crippen LogP contribution in [-0.4, -0.2) is 18.5 Å². The summed E-state index contributed by atoms with van der Waals surface area (Å²) in [5.41, 5.74) is 2.05. The lowest BCUT2D eigenvalue weighted by atomic mass is 10.1. The Morgan fingerprint density at radius 2 is 2.17 bits per heavy atom. The molecule has 0 saturated heterocycles. The number of hydrogen-bond donors (Lipinski definition) is 0. The molecule has 0 N–H and O–H groups in total. The third-order valence-corrected chi connectivity index (χ3v) is 3.66. The smallest absolute Gasteiger partial charge is 0.134 e. The molecule has 0 aliphatic heterocycles. The number of furan rings is 1. The molecule has 1 aliphatic carbocycles. The van der Waals surface area contributed by atoms with Gasteiger partial charge in [-0.25, -0.2) is 0 Å². The van der Waals surface area contributed by atoms with Crippen LogP contribution in [0, 0.1) is 16.7 Å². The molecule has 18 heavy (non-hydrogen) atoms. The number of nitrogens with zero attached hydrogens (tertiary/aromatic N) is 2. The number of nitriles is 1. The summed E-state index contributed by atoms with van der Waals surface area (Å²) in [6.45, 7) is 1.68. The largest absolute Gasteiger partial charge is 0.464 e. The van der Waals surface area contributed by atoms with Gasteiger partial charge in [-0.05, 0) is 26.0 Å². The Hall–Kier alpha value is -1.79. The van der Waals surface area contributed by atoms with Crippen LogP contribution in [0.2, 0.25) is 0 Å². The second-order valence-corrected chi connectivity index (χ2v) is 5.32. The van der Waals surface area contributed by atoms with Crippen molar-refractivity contribution in [2.45, 2.75) is 19.4 Å². The highest BCUT2D eigenvalue weighted by atomic mass is 16.3. The first-order chi connectivity index (χ1) is 8.72. The van der Waals surface area contributed by atoms with Crippen LogP contribution in [0.4, 0.5) is 0 Å². The SMILES string of the molecule is CN(Cc1coc2ccccc12)CC1(C#N)CC1. The van der Waals surface area contributed by atoms with Crippen molar-refractivity contribution in [3.63, 3.8) is 0 Å². The van der Waals surface area contributed by atoms with Crippen molar-refractivity contribution in [1.29, 1.82) is 5.26 Å². The van der Waals surface area contributed by atoms with E-state index in [-0.39, 0.29) is 5.41 Å². The van der Waals surface area contributed by atoms with Crippen LogP contribution >= 0.6 is 0 Å². The van der Waals surface area contributed by atoms with Gasteiger partial charge >= 0.3 is 0 Å². The fourth-order valence-corrected chi connectivity index (χ4v) is 2.47. The normalized spacial score (nSPS) is 16.9. The molecule has 3 rings (SSSR count). The van der Waals surface area contributed by atoms with Crippen LogP contribution in [0.25, 0.3) is 11.0 Å². The predicted molar refractivity (Wildman–Crippen MR) is 69.8 cm³/mol. The molecule has 2 aromatic rings. The van der Waals surface area contributed by atoms with Crippen LogP contribution in [0.1, 0.15) is 18.4 Å². The van der Waals surface area contributed by atoms with Gasteiger partial charge in [-0.1, -0.05) is 18.2 Å². The lowest BCUT2D eigenvalue weighted by molar-refractivity contribution is 0.286. The zero-order chi connectivity index (χ0) is 12.6. The number of fused-ring (bicyclic) bond motifs is 1. The minimum atomic E-state index is -0.0751. The van der Waals surface area contributed by atoms with Crippen LogP contribution in [-0.2, 0) is 6.54 Å². The number of benzene rings is 1. The maximum atomic E-state index is 9.11. The fraction of sp³-hybridized carbons (Fsp3) is 0.400. The Labute approximate surface area is 107 Å². The summed E-state index contributed by atoms with van der Waals surface area (Å²) in [5, 5.41) is 10.3. The van der Waals surface area contributed by atoms with Gasteiger partial charge in [0.1, 0.15) is 5.58 Å². The molecule has 1 aromatic heterocycles. The monoisotopic (exact) mass is 240 g/mol. The third-order valence-electron chi connectivity index (χ3n) is 3.66. The first-order valence-electron chi connectivity index (χ1n) is 6.27. The van der Waals surface area contributed by atoms with E-state index in [1.54, 1.807) is 0 Å². The van der Waals surface area contributed by atoms with Crippen LogP contribution in [0.15, 0.2) is 34.9 Å². The number of para-hydroxylation sites is 1. The minimum absolute atomic E-state index is 0.0751. The van der Waals surface area contributed by atoms with Crippen LogP contribution in [0.3, 0.4) is 0 Å². The van der Waals surface area contributed by atoms with E-state index in [4.69, 9.17) is 9.68 Å². The average Bonchev–Trinajstić information content (AvgIpc) is 3.04. The lowest BCUT2D eigenvalue weighted by Gasteiger charge is -2.18. The van der Waals surface area contributed by atoms with E-state index < -0.39 is 0 Å². The molecule has 1 aromatic carbocycles. The maximum Gasteiger partial charge on any atom is 0.134 e. The Morgan fingerprint density at radius 1 is 1.39 bits per heavy atom. The molecule has 1 heterocycles. The minimum Gasteiger partial charge on any atom is -0.464 e. The second kappa shape index (κ2) is 4.15. The molecule has 0 unspecified atom stereocenters. The Morgan fingerprint density at radius 3 is 2.89 bits per heavy atom. The summed E-state index contributed by atoms with van der Waals surface area (Å²) in [7, 11) is 2.07. The zero-order valence-corrected chi connectivity index (χ0v) is 10.5. The lowest BCUT2D eigenvalue weighted by Crippen LogP contribution is -2.25. The zero-order valence-electron chi connectivity index (χ0n) is 10.5. The maximum absolute atomic E-state index is 9.11. The van der Waals surface area contributed by atoms with Gasteiger partial charge in [-0.2, -0.15) is 5.26 Å². The third kappa shape index (κ3) is 2.00. The number of hydrogen-bond acceptors (Lipinski definition) is 3. The van der Waals surface area contributed by atoms with E-state index in [1.165, 1.54) is 10.9 Å². The van der Waals surface area contributed by atoms with E-state index in [0.717, 1.165) is 31.5 Å². The summed E-state index contributed by atoms with van der Waals surface area (Å²) in [6.07, 6.45) is 3.91. The molecule has 0 amide bonds. The topological polar surface area (TPSA) is 40.2 Å². The fourth-order valence-electron chi connectivity index (χ4n) is 2.47.